The molecule has 3 aromatic rings. The van der Waals surface area contributed by atoms with Gasteiger partial charge in [0.2, 0.25) is 0 Å². The Labute approximate surface area is 179 Å². The summed E-state index contributed by atoms with van der Waals surface area (Å²) < 4.78 is 8.02. The molecule has 1 aliphatic heterocycles. The second kappa shape index (κ2) is 9.30. The average Bonchev–Trinajstić information content (AvgIpc) is 3.46. The molecule has 0 saturated carbocycles. The van der Waals surface area contributed by atoms with Crippen molar-refractivity contribution in [2.45, 2.75) is 43.7 Å². The molecule has 1 aliphatic rings. The molecule has 154 valence electrons. The highest BCUT2D eigenvalue weighted by Gasteiger charge is 2.21. The van der Waals surface area contributed by atoms with E-state index >= 15 is 0 Å². The second-order valence-corrected chi connectivity index (χ2v) is 8.51. The van der Waals surface area contributed by atoms with Crippen LogP contribution >= 0.6 is 23.4 Å². The molecule has 3 heterocycles. The molecule has 4 rings (SSSR count). The van der Waals surface area contributed by atoms with Gasteiger partial charge in [0.15, 0.2) is 5.16 Å². The lowest BCUT2D eigenvalue weighted by molar-refractivity contribution is 0.0934. The monoisotopic (exact) mass is 432 g/mol. The van der Waals surface area contributed by atoms with Gasteiger partial charge in [-0.2, -0.15) is 5.10 Å². The number of aromatic nitrogens is 5. The number of aromatic amines is 1. The van der Waals surface area contributed by atoms with E-state index in [0.717, 1.165) is 65.4 Å². The van der Waals surface area contributed by atoms with Crippen LogP contribution in [0.15, 0.2) is 35.6 Å². The van der Waals surface area contributed by atoms with Gasteiger partial charge in [0.1, 0.15) is 5.82 Å². The fraction of sp³-hybridized carbons (Fsp3) is 0.450. The van der Waals surface area contributed by atoms with Gasteiger partial charge in [-0.15, -0.1) is 10.2 Å². The van der Waals surface area contributed by atoms with Gasteiger partial charge in [0.25, 0.3) is 0 Å². The fourth-order valence-corrected chi connectivity index (χ4v) is 4.30. The van der Waals surface area contributed by atoms with E-state index < -0.39 is 0 Å². The maximum atomic E-state index is 6.02. The summed E-state index contributed by atoms with van der Waals surface area (Å²) in [6.07, 6.45) is 6.40. The summed E-state index contributed by atoms with van der Waals surface area (Å²) in [7, 11) is 2.09. The standard InChI is InChI=1S/C20H25ClN6OS/c1-26(11-15-10-22-24-19(15)14-5-7-16(21)8-6-14)13-18-23-25-20(29-2)27(18)12-17-4-3-9-28-17/h5-8,10,17H,3-4,9,11-13H2,1-2H3,(H,22,24)/t17-/m0/s1. The Kier molecular flexibility index (Phi) is 6.54. The summed E-state index contributed by atoms with van der Waals surface area (Å²) in [4.78, 5) is 2.23. The molecule has 29 heavy (non-hydrogen) atoms. The quantitative estimate of drug-likeness (QED) is 0.545. The SMILES string of the molecule is CSc1nnc(CN(C)Cc2cn[nH]c2-c2ccc(Cl)cc2)n1C[C@@H]1CCCO1. The van der Waals surface area contributed by atoms with Gasteiger partial charge >= 0.3 is 0 Å². The third kappa shape index (κ3) is 4.83. The van der Waals surface area contributed by atoms with Crippen LogP contribution in [0.3, 0.4) is 0 Å². The first-order chi connectivity index (χ1) is 14.1. The zero-order valence-electron chi connectivity index (χ0n) is 16.6. The van der Waals surface area contributed by atoms with Crippen molar-refractivity contribution >= 4 is 23.4 Å². The van der Waals surface area contributed by atoms with Gasteiger partial charge < -0.3 is 9.30 Å². The summed E-state index contributed by atoms with van der Waals surface area (Å²) in [5, 5.41) is 17.8. The van der Waals surface area contributed by atoms with Crippen molar-refractivity contribution in [2.24, 2.45) is 0 Å². The van der Waals surface area contributed by atoms with Crippen LogP contribution < -0.4 is 0 Å². The predicted molar refractivity (Wildman–Crippen MR) is 115 cm³/mol. The largest absolute Gasteiger partial charge is 0.376 e. The van der Waals surface area contributed by atoms with Gasteiger partial charge in [0.05, 0.1) is 31.1 Å². The van der Waals surface area contributed by atoms with Crippen molar-refractivity contribution in [2.75, 3.05) is 19.9 Å². The first kappa shape index (κ1) is 20.4. The molecule has 0 unspecified atom stereocenters. The normalized spacial score (nSPS) is 16.8. The zero-order chi connectivity index (χ0) is 20.2. The van der Waals surface area contributed by atoms with E-state index in [-0.39, 0.29) is 6.10 Å². The number of rotatable bonds is 8. The average molecular weight is 433 g/mol. The third-order valence-corrected chi connectivity index (χ3v) is 6.01. The first-order valence-corrected chi connectivity index (χ1v) is 11.3. The van der Waals surface area contributed by atoms with Crippen LogP contribution in [0.5, 0.6) is 0 Å². The van der Waals surface area contributed by atoms with E-state index in [0.29, 0.717) is 6.54 Å². The molecule has 1 saturated heterocycles. The minimum Gasteiger partial charge on any atom is -0.376 e. The van der Waals surface area contributed by atoms with Gasteiger partial charge in [0, 0.05) is 23.7 Å². The number of benzene rings is 1. The molecule has 1 fully saturated rings. The maximum absolute atomic E-state index is 6.02. The van der Waals surface area contributed by atoms with Crippen molar-refractivity contribution in [3.63, 3.8) is 0 Å². The number of ether oxygens (including phenoxy) is 1. The van der Waals surface area contributed by atoms with E-state index in [9.17, 15) is 0 Å². The van der Waals surface area contributed by atoms with Crippen molar-refractivity contribution in [3.05, 3.63) is 46.9 Å². The molecular weight excluding hydrogens is 408 g/mol. The van der Waals surface area contributed by atoms with E-state index in [1.807, 2.05) is 36.7 Å². The Morgan fingerprint density at radius 2 is 2.10 bits per heavy atom. The molecule has 1 N–H and O–H groups in total. The van der Waals surface area contributed by atoms with E-state index in [1.165, 1.54) is 0 Å². The lowest BCUT2D eigenvalue weighted by Gasteiger charge is -2.19. The van der Waals surface area contributed by atoms with Crippen LogP contribution in [0.1, 0.15) is 24.2 Å². The van der Waals surface area contributed by atoms with Crippen LogP contribution in [-0.4, -0.2) is 55.9 Å². The second-order valence-electron chi connectivity index (χ2n) is 7.30. The topological polar surface area (TPSA) is 71.9 Å². The summed E-state index contributed by atoms with van der Waals surface area (Å²) in [6, 6.07) is 7.79. The molecule has 9 heteroatoms. The molecule has 2 aromatic heterocycles. The highest BCUT2D eigenvalue weighted by Crippen LogP contribution is 2.25. The number of thioether (sulfide) groups is 1. The summed E-state index contributed by atoms with van der Waals surface area (Å²) in [5.74, 6) is 0.962. The summed E-state index contributed by atoms with van der Waals surface area (Å²) in [5.41, 5.74) is 3.21. The highest BCUT2D eigenvalue weighted by molar-refractivity contribution is 7.98. The fourth-order valence-electron chi connectivity index (χ4n) is 3.65. The Morgan fingerprint density at radius 3 is 2.83 bits per heavy atom. The third-order valence-electron chi connectivity index (χ3n) is 5.09. The molecule has 1 aromatic carbocycles. The number of halogens is 1. The van der Waals surface area contributed by atoms with E-state index in [2.05, 4.69) is 36.9 Å². The van der Waals surface area contributed by atoms with Crippen LogP contribution in [0.4, 0.5) is 0 Å². The molecule has 0 bridgehead atoms. The molecule has 0 radical (unpaired) electrons. The van der Waals surface area contributed by atoms with Crippen LogP contribution in [0, 0.1) is 0 Å². The van der Waals surface area contributed by atoms with Crippen molar-refractivity contribution in [3.8, 4) is 11.3 Å². The van der Waals surface area contributed by atoms with Gasteiger partial charge in [-0.1, -0.05) is 35.5 Å². The van der Waals surface area contributed by atoms with Crippen LogP contribution in [0.2, 0.25) is 5.02 Å². The van der Waals surface area contributed by atoms with Crippen molar-refractivity contribution in [1.29, 1.82) is 0 Å². The smallest absolute Gasteiger partial charge is 0.191 e. The predicted octanol–water partition coefficient (Wildman–Crippen LogP) is 3.85. The Bertz CT molecular complexity index is 935. The Morgan fingerprint density at radius 1 is 1.28 bits per heavy atom. The number of hydrogen-bond donors (Lipinski definition) is 1. The molecule has 0 spiro atoms. The van der Waals surface area contributed by atoms with Gasteiger partial charge in [-0.3, -0.25) is 10.00 Å². The minimum absolute atomic E-state index is 0.256. The van der Waals surface area contributed by atoms with Gasteiger partial charge in [-0.25, -0.2) is 0 Å². The van der Waals surface area contributed by atoms with E-state index in [1.54, 1.807) is 11.8 Å². The number of H-pyrrole nitrogens is 1. The molecule has 1 atom stereocenters. The van der Waals surface area contributed by atoms with Crippen LogP contribution in [0.25, 0.3) is 11.3 Å². The Hall–Kier alpha value is -1.87. The number of hydrogen-bond acceptors (Lipinski definition) is 6. The lowest BCUT2D eigenvalue weighted by Crippen LogP contribution is -2.23. The molecular formula is C20H25ClN6OS. The maximum Gasteiger partial charge on any atom is 0.191 e. The highest BCUT2D eigenvalue weighted by atomic mass is 35.5. The number of nitrogens with one attached hydrogen (secondary N) is 1. The first-order valence-electron chi connectivity index (χ1n) is 9.68. The summed E-state index contributed by atoms with van der Waals surface area (Å²) >= 11 is 7.64. The van der Waals surface area contributed by atoms with Gasteiger partial charge in [-0.05, 0) is 43.8 Å². The minimum atomic E-state index is 0.256. The lowest BCUT2D eigenvalue weighted by atomic mass is 10.1. The van der Waals surface area contributed by atoms with Crippen molar-refractivity contribution < 1.29 is 4.74 Å². The molecule has 0 amide bonds. The summed E-state index contributed by atoms with van der Waals surface area (Å²) in [6.45, 7) is 3.11. The Balaban J connectivity index is 1.47. The molecule has 7 nitrogen and oxygen atoms in total. The van der Waals surface area contributed by atoms with Crippen molar-refractivity contribution in [1.82, 2.24) is 29.9 Å². The molecule has 0 aliphatic carbocycles. The van der Waals surface area contributed by atoms with E-state index in [4.69, 9.17) is 16.3 Å². The van der Waals surface area contributed by atoms with Crippen LogP contribution in [-0.2, 0) is 24.4 Å². The zero-order valence-corrected chi connectivity index (χ0v) is 18.2. The number of nitrogens with zero attached hydrogens (tertiary/aromatic N) is 5.